The minimum Gasteiger partial charge on any atom is -0.475 e. The van der Waals surface area contributed by atoms with E-state index >= 15 is 0 Å². The number of nitrogens with zero attached hydrogens (tertiary/aromatic N) is 15. The van der Waals surface area contributed by atoms with Gasteiger partial charge in [-0.2, -0.15) is 15.0 Å². The quantitative estimate of drug-likeness (QED) is 0.00777. The van der Waals surface area contributed by atoms with Crippen LogP contribution in [0, 0.1) is 0 Å². The van der Waals surface area contributed by atoms with E-state index in [1.54, 1.807) is 110 Å². The van der Waals surface area contributed by atoms with E-state index in [4.69, 9.17) is 87.7 Å². The van der Waals surface area contributed by atoms with E-state index in [-0.39, 0.29) is 25.3 Å². The van der Waals surface area contributed by atoms with Crippen LogP contribution in [-0.4, -0.2) is 241 Å². The molecule has 37 nitrogen and oxygen atoms in total. The first kappa shape index (κ1) is 112. The molecule has 0 bridgehead atoms. The van der Waals surface area contributed by atoms with Crippen LogP contribution in [0.3, 0.4) is 0 Å². The number of anilines is 10. The van der Waals surface area contributed by atoms with Gasteiger partial charge in [0.1, 0.15) is 33.6 Å². The Balaban J connectivity index is 0.000000198. The molecule has 4 aliphatic rings. The molecular weight excluding hydrogens is 2230 g/mol. The molecule has 0 saturated carbocycles. The Kier molecular flexibility index (Phi) is 49.0. The van der Waals surface area contributed by atoms with Gasteiger partial charge in [0.05, 0.1) is 74.2 Å². The monoisotopic (exact) mass is 2310 g/mol. The van der Waals surface area contributed by atoms with Crippen LogP contribution >= 0.6 is 137 Å². The number of aliphatic carboxylic acids is 1. The van der Waals surface area contributed by atoms with Crippen molar-refractivity contribution < 1.29 is 76.6 Å². The molecule has 4 aliphatic heterocycles. The number of carboxylic acid groups (broad SMARTS) is 1. The molecule has 0 radical (unpaired) electrons. The highest BCUT2D eigenvalue weighted by molar-refractivity contribution is 9.69. The van der Waals surface area contributed by atoms with Crippen molar-refractivity contribution >= 4 is 288 Å². The Bertz CT molecular complexity index is 6270. The summed E-state index contributed by atoms with van der Waals surface area (Å²) in [5, 5.41) is 25.7. The van der Waals surface area contributed by atoms with Crippen LogP contribution < -0.4 is 47.9 Å². The van der Waals surface area contributed by atoms with Gasteiger partial charge in [-0.1, -0.05) is 164 Å². The zero-order chi connectivity index (χ0) is 101. The number of carbonyl (C=O) groups excluding carboxylic acids is 7. The third-order valence-electron chi connectivity index (χ3n) is 18.6. The number of hydrogen-bond acceptors (Lipinski definition) is 36. The number of aromatic nitrogens is 12. The van der Waals surface area contributed by atoms with E-state index in [1.165, 1.54) is 49.6 Å². The molecule has 10 heterocycles. The Hall–Kier alpha value is -12.0. The summed E-state index contributed by atoms with van der Waals surface area (Å²) >= 11 is 42.3. The number of halogens is 10. The molecule has 0 aliphatic carbocycles. The SMILES string of the molecule is BrB(Br)Br.Brc1cccc2ccccc12.C1COCCN1.COC(=O)C(=O)Cl.COC(=O)C(=O)c1ccc(Br)c2ccccc12.COC(=O)C(=O)c1ccc(Nc2ccnc(N3CCOCC3)n2)c2ccccc12.Clc1ccnc(Cl)n1.Nc1ccnc(Cl)n1.Nc1ccnc(N2CCOCC2)n1.Nc1nccc(Cl)n1.O=C(O)C(=O)c1ccc(Nc2ccnc(N3CCOCC3)n2)c2ccccc12. The maximum absolute atomic E-state index is 12.3. The molecule has 726 valence electrons. The third kappa shape index (κ3) is 38.2. The summed E-state index contributed by atoms with van der Waals surface area (Å²) in [6, 6.07) is 56.4. The number of Topliss-reactive ketones (excluding diaryl/α,β-unsaturated/α-hetero) is 3. The number of hydrogen-bond donors (Lipinski definition) is 7. The lowest BCUT2D eigenvalue weighted by Crippen LogP contribution is -2.37. The normalized spacial score (nSPS) is 12.6. The fraction of sp³-hybridized carbons (Fsp3) is 0.209. The van der Waals surface area contributed by atoms with E-state index in [9.17, 15) is 38.4 Å². The van der Waals surface area contributed by atoms with Crippen molar-refractivity contribution in [1.29, 1.82) is 0 Å². The van der Waals surface area contributed by atoms with Gasteiger partial charge in [-0.05, 0) is 146 Å². The molecule has 4 fully saturated rings. The number of nitrogen functional groups attached to an aromatic ring is 3. The van der Waals surface area contributed by atoms with Gasteiger partial charge < -0.3 is 86.1 Å². The van der Waals surface area contributed by atoms with Crippen LogP contribution in [0.5, 0.6) is 0 Å². The van der Waals surface area contributed by atoms with Gasteiger partial charge >= 0.3 is 32.3 Å². The zero-order valence-corrected chi connectivity index (χ0v) is 85.8. The summed E-state index contributed by atoms with van der Waals surface area (Å²) in [5.41, 5.74) is 18.2. The summed E-state index contributed by atoms with van der Waals surface area (Å²) < 4.78 is 36.2. The number of ketones is 3. The van der Waals surface area contributed by atoms with Crippen LogP contribution in [0.2, 0.25) is 20.9 Å². The van der Waals surface area contributed by atoms with E-state index < -0.39 is 46.5 Å². The fourth-order valence-electron chi connectivity index (χ4n) is 12.2. The first-order chi connectivity index (χ1) is 67.0. The molecule has 18 rings (SSSR count). The van der Waals surface area contributed by atoms with Crippen molar-refractivity contribution in [2.75, 3.05) is 169 Å². The molecule has 139 heavy (non-hydrogen) atoms. The van der Waals surface area contributed by atoms with Crippen molar-refractivity contribution in [2.24, 2.45) is 0 Å². The number of ether oxygens (including phenoxy) is 7. The smallest absolute Gasteiger partial charge is 0.391 e. The van der Waals surface area contributed by atoms with Crippen LogP contribution in [0.15, 0.2) is 234 Å². The number of esters is 3. The van der Waals surface area contributed by atoms with E-state index in [0.717, 1.165) is 128 Å². The molecular formula is C91H88BBr5Cl5N21O16. The number of benzene rings is 8. The number of carboxylic acids is 1. The third-order valence-corrected chi connectivity index (χ3v) is 20.9. The molecule has 0 atom stereocenters. The van der Waals surface area contributed by atoms with Crippen molar-refractivity contribution in [3.8, 4) is 0 Å². The highest BCUT2D eigenvalue weighted by atomic mass is 79.9. The molecule has 10 N–H and O–H groups in total. The number of nitrogens with one attached hydrogen (secondary N) is 3. The lowest BCUT2D eigenvalue weighted by atomic mass is 10.00. The molecule has 48 heteroatoms. The Morgan fingerprint density at radius 3 is 1.09 bits per heavy atom. The van der Waals surface area contributed by atoms with Crippen molar-refractivity contribution in [3.63, 3.8) is 0 Å². The Labute approximate surface area is 863 Å². The second-order valence-corrected chi connectivity index (χ2v) is 37.6. The molecule has 6 aromatic heterocycles. The van der Waals surface area contributed by atoms with Gasteiger partial charge in [0.25, 0.3) is 17.3 Å². The van der Waals surface area contributed by atoms with Crippen LogP contribution in [0.1, 0.15) is 31.1 Å². The Morgan fingerprint density at radius 1 is 0.388 bits per heavy atom. The zero-order valence-electron chi connectivity index (χ0n) is 74.0. The van der Waals surface area contributed by atoms with E-state index in [1.807, 2.05) is 60.7 Å². The van der Waals surface area contributed by atoms with Crippen molar-refractivity contribution in [1.82, 2.24) is 65.1 Å². The summed E-state index contributed by atoms with van der Waals surface area (Å²) in [7, 11) is 3.48. The summed E-state index contributed by atoms with van der Waals surface area (Å²) in [4.78, 5) is 144. The van der Waals surface area contributed by atoms with Gasteiger partial charge in [-0.15, -0.1) is 47.3 Å². The van der Waals surface area contributed by atoms with Gasteiger partial charge in [-0.3, -0.25) is 19.2 Å². The topological polar surface area (TPSA) is 500 Å². The molecule has 0 unspecified atom stereocenters. The maximum Gasteiger partial charge on any atom is 0.391 e. The highest BCUT2D eigenvalue weighted by Gasteiger charge is 2.25. The average molecular weight is 2320 g/mol. The van der Waals surface area contributed by atoms with Gasteiger partial charge in [-0.25, -0.2) is 64.0 Å². The minimum absolute atomic E-state index is 0.158. The highest BCUT2D eigenvalue weighted by Crippen LogP contribution is 2.33. The number of morpholine rings is 4. The second-order valence-electron chi connectivity index (χ2n) is 27.6. The predicted octanol–water partition coefficient (Wildman–Crippen LogP) is 16.4. The van der Waals surface area contributed by atoms with Gasteiger partial charge in [0.2, 0.25) is 34.4 Å². The number of nitrogens with two attached hydrogens (primary N) is 3. The van der Waals surface area contributed by atoms with Crippen LogP contribution in [0.25, 0.3) is 43.1 Å². The lowest BCUT2D eigenvalue weighted by molar-refractivity contribution is -0.148. The average Bonchev–Trinajstić information content (AvgIpc) is 0.786. The number of fused-ring (bicyclic) bond motifs is 4. The lowest BCUT2D eigenvalue weighted by Gasteiger charge is -2.26. The molecule has 0 spiro atoms. The maximum atomic E-state index is 12.3. The van der Waals surface area contributed by atoms with Gasteiger partial charge in [0, 0.05) is 137 Å². The number of rotatable bonds is 14. The van der Waals surface area contributed by atoms with Crippen LogP contribution in [-0.2, 0) is 57.1 Å². The van der Waals surface area contributed by atoms with Gasteiger partial charge in [0.15, 0.2) is 0 Å². The predicted molar refractivity (Wildman–Crippen MR) is 556 cm³/mol. The summed E-state index contributed by atoms with van der Waals surface area (Å²) in [6.07, 6.45) is 9.57. The number of carbonyl (C=O) groups is 8. The summed E-state index contributed by atoms with van der Waals surface area (Å²) in [6.45, 7) is 12.5. The van der Waals surface area contributed by atoms with Crippen molar-refractivity contribution in [2.45, 2.75) is 0 Å². The van der Waals surface area contributed by atoms with E-state index in [2.05, 4.69) is 226 Å². The largest absolute Gasteiger partial charge is 0.475 e. The number of methoxy groups -OCH3 is 3. The second kappa shape index (κ2) is 60.7. The standard InChI is InChI=1S/C21H20N4O4.C20H18N4O4.C13H9BrO3.C10H7Br.C8H12N4O.C4H2Cl2N2.2C4H4ClN3.C4H9NO.C3H3ClO3.BBr3/c1-28-20(27)19(26)16-6-7-17(15-5-3-2-4-14(15)16)23-18-8-9-22-21(24-18)25-10-12-29-13-11-25;25-18(19(26)27)15-5-6-16(14-4-2-1-3-13(14)15)22-17-7-8-21-20(23-17)24-9-11-28-12-10-24;1-17-13(16)12(15)10-6-7-11(14)9-5-3-2-4-8(9)10;11-10-7-3-5-8-4-1-2-6-9(8)10;9-7-1-2-10-8(11-7)12-3-5-13-6-4-12;5-3-1-2-7-4(6)8-3;5-4-7-2-1-3(6)8-4;5-3-1-2-7-4(6)8-3;1-3-6-4-2-5-1;1-7-3(6)2(4)5;2-1(3)4/h2-9H,10-13H2,1H3,(H,22,23,24);1-8H,9-12H2,(H,26,27)(H,21,22,23);2-7H,1H3;1-7H;1-2H,3-6H2,(H2,9,10,11);1-2H;2*1-2H,(H2,6,7,8);5H,1-4H2;1H3;. The fourth-order valence-corrected chi connectivity index (χ4v) is 13.9. The molecule has 8 aromatic carbocycles. The molecule has 0 amide bonds. The first-order valence-corrected chi connectivity index (χ1v) is 47.4. The first-order valence-electron chi connectivity index (χ1n) is 41.2. The molecule has 14 aromatic rings. The summed E-state index contributed by atoms with van der Waals surface area (Å²) in [5.74, 6) is -2.16. The van der Waals surface area contributed by atoms with Crippen LogP contribution in [0.4, 0.5) is 58.4 Å². The van der Waals surface area contributed by atoms with E-state index in [0.29, 0.717) is 99.7 Å². The Morgan fingerprint density at radius 2 is 0.741 bits per heavy atom. The molecule has 4 saturated heterocycles. The van der Waals surface area contributed by atoms with Crippen molar-refractivity contribution in [3.05, 3.63) is 272 Å². The minimum atomic E-state index is -1.48.